The maximum absolute atomic E-state index is 4.21. The summed E-state index contributed by atoms with van der Waals surface area (Å²) in [6, 6.07) is 24.1. The van der Waals surface area contributed by atoms with E-state index in [1.54, 1.807) is 0 Å². The molecule has 0 radical (unpaired) electrons. The van der Waals surface area contributed by atoms with Crippen LogP contribution in [0, 0.1) is 0 Å². The first kappa shape index (κ1) is 17.3. The van der Waals surface area contributed by atoms with E-state index >= 15 is 0 Å². The molecule has 0 fully saturated rings. The molecule has 0 atom stereocenters. The third kappa shape index (κ3) is 2.87. The lowest BCUT2D eigenvalue weighted by Crippen LogP contribution is -2.31. The van der Waals surface area contributed by atoms with Crippen LogP contribution in [0.15, 0.2) is 96.0 Å². The molecule has 3 heteroatoms. The minimum absolute atomic E-state index is 0.127. The Balaban J connectivity index is 1.77. The summed E-state index contributed by atoms with van der Waals surface area (Å²) in [4.78, 5) is 8.43. The van der Waals surface area contributed by atoms with Crippen LogP contribution in [0.5, 0.6) is 0 Å². The predicted octanol–water partition coefficient (Wildman–Crippen LogP) is 5.99. The molecule has 2 heterocycles. The van der Waals surface area contributed by atoms with Crippen LogP contribution in [0.2, 0.25) is 0 Å². The molecule has 0 saturated carbocycles. The Morgan fingerprint density at radius 3 is 1.86 bits per heavy atom. The molecule has 0 aliphatic heterocycles. The first-order valence-electron chi connectivity index (χ1n) is 9.44. The largest absolute Gasteiger partial charge is 0.265 e. The summed E-state index contributed by atoms with van der Waals surface area (Å²) in [5, 5.41) is 0. The number of halogens is 1. The van der Waals surface area contributed by atoms with Crippen molar-refractivity contribution in [2.75, 3.05) is 0 Å². The highest BCUT2D eigenvalue weighted by molar-refractivity contribution is 9.10. The Hall–Kier alpha value is -2.78. The van der Waals surface area contributed by atoms with Gasteiger partial charge in [0.1, 0.15) is 0 Å². The van der Waals surface area contributed by atoms with Crippen LogP contribution in [0.4, 0.5) is 0 Å². The third-order valence-electron chi connectivity index (χ3n) is 5.74. The van der Waals surface area contributed by atoms with Crippen molar-refractivity contribution in [3.05, 3.63) is 118 Å². The van der Waals surface area contributed by atoms with Gasteiger partial charge in [-0.15, -0.1) is 0 Å². The molecule has 0 N–H and O–H groups in total. The van der Waals surface area contributed by atoms with E-state index < -0.39 is 0 Å². The SMILES string of the molecule is Brc1ccc2c(c1)C(Cc1ccncc1)(Cc1ccncc1)c1ccccc1-2. The molecule has 2 aromatic heterocycles. The Morgan fingerprint density at radius 1 is 0.643 bits per heavy atom. The van der Waals surface area contributed by atoms with Gasteiger partial charge in [0.25, 0.3) is 0 Å². The van der Waals surface area contributed by atoms with Gasteiger partial charge in [0, 0.05) is 34.7 Å². The average molecular weight is 427 g/mol. The van der Waals surface area contributed by atoms with Crippen molar-refractivity contribution in [3.8, 4) is 11.1 Å². The summed E-state index contributed by atoms with van der Waals surface area (Å²) < 4.78 is 1.12. The Kier molecular flexibility index (Phi) is 4.33. The highest BCUT2D eigenvalue weighted by Gasteiger charge is 2.43. The number of hydrogen-bond donors (Lipinski definition) is 0. The number of rotatable bonds is 4. The second-order valence-corrected chi connectivity index (χ2v) is 8.30. The van der Waals surface area contributed by atoms with Gasteiger partial charge in [-0.25, -0.2) is 0 Å². The molecule has 136 valence electrons. The molecule has 0 spiro atoms. The molecule has 1 aliphatic carbocycles. The van der Waals surface area contributed by atoms with Gasteiger partial charge in [-0.2, -0.15) is 0 Å². The minimum atomic E-state index is -0.127. The highest BCUT2D eigenvalue weighted by Crippen LogP contribution is 2.52. The van der Waals surface area contributed by atoms with Gasteiger partial charge in [0.15, 0.2) is 0 Å². The molecule has 1 aliphatic rings. The molecule has 2 aromatic carbocycles. The molecule has 2 nitrogen and oxygen atoms in total. The summed E-state index contributed by atoms with van der Waals surface area (Å²) in [5.41, 5.74) is 7.93. The van der Waals surface area contributed by atoms with Crippen molar-refractivity contribution in [1.82, 2.24) is 9.97 Å². The molecule has 0 amide bonds. The van der Waals surface area contributed by atoms with Crippen molar-refractivity contribution >= 4 is 15.9 Å². The van der Waals surface area contributed by atoms with Crippen molar-refractivity contribution < 1.29 is 0 Å². The highest BCUT2D eigenvalue weighted by atomic mass is 79.9. The molecular formula is C25H19BrN2. The fourth-order valence-corrected chi connectivity index (χ4v) is 4.93. The van der Waals surface area contributed by atoms with Crippen molar-refractivity contribution in [2.45, 2.75) is 18.3 Å². The van der Waals surface area contributed by atoms with Crippen LogP contribution in [0.3, 0.4) is 0 Å². The van der Waals surface area contributed by atoms with E-state index in [1.807, 2.05) is 24.8 Å². The van der Waals surface area contributed by atoms with E-state index in [-0.39, 0.29) is 5.41 Å². The van der Waals surface area contributed by atoms with Crippen LogP contribution in [0.25, 0.3) is 11.1 Å². The topological polar surface area (TPSA) is 25.8 Å². The fraction of sp³-hybridized carbons (Fsp3) is 0.120. The molecule has 0 unspecified atom stereocenters. The quantitative estimate of drug-likeness (QED) is 0.400. The maximum Gasteiger partial charge on any atom is 0.0296 e. The summed E-state index contributed by atoms with van der Waals surface area (Å²) in [5.74, 6) is 0. The zero-order valence-electron chi connectivity index (χ0n) is 15.3. The van der Waals surface area contributed by atoms with Crippen LogP contribution >= 0.6 is 15.9 Å². The zero-order chi connectivity index (χ0) is 19.0. The van der Waals surface area contributed by atoms with Crippen LogP contribution < -0.4 is 0 Å². The van der Waals surface area contributed by atoms with E-state index in [2.05, 4.69) is 92.6 Å². The molecular weight excluding hydrogens is 408 g/mol. The van der Waals surface area contributed by atoms with E-state index in [0.717, 1.165) is 17.3 Å². The van der Waals surface area contributed by atoms with E-state index in [0.29, 0.717) is 0 Å². The first-order chi connectivity index (χ1) is 13.8. The number of hydrogen-bond acceptors (Lipinski definition) is 2. The summed E-state index contributed by atoms with van der Waals surface area (Å²) in [7, 11) is 0. The van der Waals surface area contributed by atoms with Crippen molar-refractivity contribution in [2.24, 2.45) is 0 Å². The Morgan fingerprint density at radius 2 is 1.21 bits per heavy atom. The normalized spacial score (nSPS) is 13.8. The summed E-state index contributed by atoms with van der Waals surface area (Å²) >= 11 is 3.71. The maximum atomic E-state index is 4.21. The lowest BCUT2D eigenvalue weighted by Gasteiger charge is -2.33. The molecule has 4 aromatic rings. The third-order valence-corrected chi connectivity index (χ3v) is 6.23. The number of nitrogens with zero attached hydrogens (tertiary/aromatic N) is 2. The summed E-state index contributed by atoms with van der Waals surface area (Å²) in [6.07, 6.45) is 9.41. The van der Waals surface area contributed by atoms with Gasteiger partial charge in [-0.3, -0.25) is 9.97 Å². The van der Waals surface area contributed by atoms with Crippen LogP contribution in [0.1, 0.15) is 22.3 Å². The minimum Gasteiger partial charge on any atom is -0.265 e. The van der Waals surface area contributed by atoms with E-state index in [1.165, 1.54) is 33.4 Å². The van der Waals surface area contributed by atoms with Gasteiger partial charge in [-0.05, 0) is 82.6 Å². The second kappa shape index (κ2) is 6.99. The summed E-state index contributed by atoms with van der Waals surface area (Å²) in [6.45, 7) is 0. The Bertz CT molecular complexity index is 1080. The van der Waals surface area contributed by atoms with Gasteiger partial charge < -0.3 is 0 Å². The first-order valence-corrected chi connectivity index (χ1v) is 10.2. The Labute approximate surface area is 173 Å². The van der Waals surface area contributed by atoms with E-state index in [9.17, 15) is 0 Å². The lowest BCUT2D eigenvalue weighted by molar-refractivity contribution is 0.519. The number of fused-ring (bicyclic) bond motifs is 3. The number of benzene rings is 2. The van der Waals surface area contributed by atoms with Gasteiger partial charge in [-0.1, -0.05) is 46.3 Å². The molecule has 5 rings (SSSR count). The monoisotopic (exact) mass is 426 g/mol. The number of pyridine rings is 2. The second-order valence-electron chi connectivity index (χ2n) is 7.38. The average Bonchev–Trinajstić information content (AvgIpc) is 2.99. The standard InChI is InChI=1S/C25H19BrN2/c26-20-5-6-22-21-3-1-2-4-23(21)25(24(22)15-20,16-18-7-11-27-12-8-18)17-19-9-13-28-14-10-19/h1-15H,16-17H2. The van der Waals surface area contributed by atoms with Crippen molar-refractivity contribution in [3.63, 3.8) is 0 Å². The zero-order valence-corrected chi connectivity index (χ0v) is 16.9. The molecule has 0 saturated heterocycles. The van der Waals surface area contributed by atoms with Crippen molar-refractivity contribution in [1.29, 1.82) is 0 Å². The molecule has 0 bridgehead atoms. The van der Waals surface area contributed by atoms with Gasteiger partial charge >= 0.3 is 0 Å². The van der Waals surface area contributed by atoms with E-state index in [4.69, 9.17) is 0 Å². The molecule has 28 heavy (non-hydrogen) atoms. The lowest BCUT2D eigenvalue weighted by atomic mass is 9.70. The number of aromatic nitrogens is 2. The van der Waals surface area contributed by atoms with Crippen LogP contribution in [-0.4, -0.2) is 9.97 Å². The fourth-order valence-electron chi connectivity index (χ4n) is 4.57. The van der Waals surface area contributed by atoms with Gasteiger partial charge in [0.05, 0.1) is 0 Å². The van der Waals surface area contributed by atoms with Gasteiger partial charge in [0.2, 0.25) is 0 Å². The smallest absolute Gasteiger partial charge is 0.0296 e. The van der Waals surface area contributed by atoms with Crippen LogP contribution in [-0.2, 0) is 18.3 Å². The predicted molar refractivity (Wildman–Crippen MR) is 116 cm³/mol.